The maximum absolute atomic E-state index is 12.8. The van der Waals surface area contributed by atoms with E-state index in [1.54, 1.807) is 48.7 Å². The Bertz CT molecular complexity index is 776. The summed E-state index contributed by atoms with van der Waals surface area (Å²) in [5.74, 6) is -0.617. The molecule has 25 heavy (non-hydrogen) atoms. The Hall–Kier alpha value is -2.96. The third-order valence-corrected chi connectivity index (χ3v) is 4.34. The van der Waals surface area contributed by atoms with Crippen LogP contribution in [0.3, 0.4) is 0 Å². The molecule has 0 saturated carbocycles. The Morgan fingerprint density at radius 1 is 1.32 bits per heavy atom. The number of hydrogen-bond donors (Lipinski definition) is 1. The molecule has 1 aromatic heterocycles. The van der Waals surface area contributed by atoms with E-state index in [-0.39, 0.29) is 11.8 Å². The van der Waals surface area contributed by atoms with Gasteiger partial charge in [-0.15, -0.1) is 0 Å². The summed E-state index contributed by atoms with van der Waals surface area (Å²) in [5, 5.41) is 8.62. The molecule has 1 unspecified atom stereocenters. The Balaban J connectivity index is 1.65. The number of anilines is 1. The third-order valence-electron chi connectivity index (χ3n) is 4.34. The van der Waals surface area contributed by atoms with Gasteiger partial charge in [0.2, 0.25) is 5.91 Å². The molecule has 0 saturated heterocycles. The van der Waals surface area contributed by atoms with Crippen molar-refractivity contribution >= 4 is 17.6 Å². The average molecular weight is 341 g/mol. The first-order valence-corrected chi connectivity index (χ1v) is 8.04. The van der Waals surface area contributed by atoms with Crippen LogP contribution in [-0.4, -0.2) is 40.6 Å². The van der Waals surface area contributed by atoms with Crippen LogP contribution in [0.25, 0.3) is 0 Å². The molecule has 1 amide bonds. The van der Waals surface area contributed by atoms with Crippen molar-refractivity contribution in [2.45, 2.75) is 19.3 Å². The van der Waals surface area contributed by atoms with E-state index in [2.05, 4.69) is 9.97 Å². The summed E-state index contributed by atoms with van der Waals surface area (Å²) >= 11 is 0. The summed E-state index contributed by atoms with van der Waals surface area (Å²) in [7, 11) is 1.74. The molecule has 0 radical (unpaired) electrons. The van der Waals surface area contributed by atoms with Crippen LogP contribution < -0.4 is 9.64 Å². The number of ether oxygens (including phenoxy) is 1. The predicted molar refractivity (Wildman–Crippen MR) is 90.5 cm³/mol. The maximum atomic E-state index is 12.8. The number of carboxylic acid groups (broad SMARTS) is 1. The molecule has 0 bridgehead atoms. The van der Waals surface area contributed by atoms with Gasteiger partial charge < -0.3 is 14.7 Å². The number of nitrogens with zero attached hydrogens (tertiary/aromatic N) is 3. The second-order valence-electron chi connectivity index (χ2n) is 6.01. The second kappa shape index (κ2) is 7.29. The first-order valence-electron chi connectivity index (χ1n) is 8.04. The van der Waals surface area contributed by atoms with Gasteiger partial charge in [0.05, 0.1) is 0 Å². The predicted octanol–water partition coefficient (Wildman–Crippen LogP) is 1.71. The Kier molecular flexibility index (Phi) is 4.92. The highest BCUT2D eigenvalue weighted by atomic mass is 16.5. The first-order chi connectivity index (χ1) is 12.0. The fourth-order valence-electron chi connectivity index (χ4n) is 2.98. The summed E-state index contributed by atoms with van der Waals surface area (Å²) in [6, 6.07) is 6.81. The van der Waals surface area contributed by atoms with Gasteiger partial charge in [-0.3, -0.25) is 4.79 Å². The summed E-state index contributed by atoms with van der Waals surface area (Å²) in [6.07, 6.45) is 5.54. The van der Waals surface area contributed by atoms with Crippen molar-refractivity contribution in [3.63, 3.8) is 0 Å². The lowest BCUT2D eigenvalue weighted by Gasteiger charge is -2.27. The standard InChI is InChI=1S/C18H19N3O4/c1-21(14-3-5-15(6-4-14)25-10-17(22)23)18(24)12-2-7-16-13(8-12)9-19-11-20-16/h3-6,9,11-12H,2,7-8,10H2,1H3,(H,22,23). The molecular weight excluding hydrogens is 322 g/mol. The fourth-order valence-corrected chi connectivity index (χ4v) is 2.98. The first kappa shape index (κ1) is 16.9. The third kappa shape index (κ3) is 3.93. The van der Waals surface area contributed by atoms with Crippen LogP contribution in [-0.2, 0) is 22.4 Å². The minimum Gasteiger partial charge on any atom is -0.482 e. The van der Waals surface area contributed by atoms with Gasteiger partial charge >= 0.3 is 5.97 Å². The molecule has 0 aliphatic heterocycles. The highest BCUT2D eigenvalue weighted by molar-refractivity contribution is 5.94. The van der Waals surface area contributed by atoms with E-state index in [0.29, 0.717) is 12.2 Å². The second-order valence-corrected chi connectivity index (χ2v) is 6.01. The van der Waals surface area contributed by atoms with Crippen molar-refractivity contribution in [3.8, 4) is 5.75 Å². The van der Waals surface area contributed by atoms with Gasteiger partial charge in [-0.05, 0) is 49.1 Å². The number of amides is 1. The molecule has 7 heteroatoms. The summed E-state index contributed by atoms with van der Waals surface area (Å²) in [6.45, 7) is -0.391. The van der Waals surface area contributed by atoms with Crippen molar-refractivity contribution in [3.05, 3.63) is 48.0 Å². The Labute approximate surface area is 145 Å². The Morgan fingerprint density at radius 2 is 2.08 bits per heavy atom. The lowest BCUT2D eigenvalue weighted by molar-refractivity contribution is -0.139. The lowest BCUT2D eigenvalue weighted by Crippen LogP contribution is -2.36. The van der Waals surface area contributed by atoms with E-state index in [1.807, 2.05) is 0 Å². The Morgan fingerprint density at radius 3 is 2.80 bits per heavy atom. The number of aryl methyl sites for hydroxylation is 1. The number of carbonyl (C=O) groups is 2. The van der Waals surface area contributed by atoms with Gasteiger partial charge in [0.15, 0.2) is 6.61 Å². The summed E-state index contributed by atoms with van der Waals surface area (Å²) in [5.41, 5.74) is 2.81. The fraction of sp³-hybridized carbons (Fsp3) is 0.333. The van der Waals surface area contributed by atoms with Gasteiger partial charge in [0.25, 0.3) is 0 Å². The number of hydrogen-bond acceptors (Lipinski definition) is 5. The smallest absolute Gasteiger partial charge is 0.341 e. The maximum Gasteiger partial charge on any atom is 0.341 e. The molecular formula is C18H19N3O4. The van der Waals surface area contributed by atoms with Crippen LogP contribution in [0, 0.1) is 5.92 Å². The van der Waals surface area contributed by atoms with Gasteiger partial charge in [0, 0.05) is 30.5 Å². The summed E-state index contributed by atoms with van der Waals surface area (Å²) < 4.78 is 5.10. The van der Waals surface area contributed by atoms with E-state index in [4.69, 9.17) is 9.84 Å². The topological polar surface area (TPSA) is 92.6 Å². The van der Waals surface area contributed by atoms with Gasteiger partial charge in [-0.25, -0.2) is 14.8 Å². The van der Waals surface area contributed by atoms with Crippen LogP contribution in [0.5, 0.6) is 5.75 Å². The van der Waals surface area contributed by atoms with Crippen LogP contribution in [0.1, 0.15) is 17.7 Å². The average Bonchev–Trinajstić information content (AvgIpc) is 2.65. The molecule has 1 atom stereocenters. The molecule has 3 rings (SSSR count). The minimum atomic E-state index is -1.03. The highest BCUT2D eigenvalue weighted by Gasteiger charge is 2.28. The largest absolute Gasteiger partial charge is 0.482 e. The molecule has 1 aromatic carbocycles. The number of fused-ring (bicyclic) bond motifs is 1. The van der Waals surface area contributed by atoms with Crippen LogP contribution in [0.4, 0.5) is 5.69 Å². The number of rotatable bonds is 5. The zero-order chi connectivity index (χ0) is 17.8. The number of aliphatic carboxylic acids is 1. The van der Waals surface area contributed by atoms with E-state index >= 15 is 0 Å². The van der Waals surface area contributed by atoms with E-state index in [9.17, 15) is 9.59 Å². The summed E-state index contributed by atoms with van der Waals surface area (Å²) in [4.78, 5) is 33.2. The number of carbonyl (C=O) groups excluding carboxylic acids is 1. The lowest BCUT2D eigenvalue weighted by atomic mass is 9.86. The number of aromatic nitrogens is 2. The molecule has 1 heterocycles. The zero-order valence-electron chi connectivity index (χ0n) is 13.9. The molecule has 2 aromatic rings. The van der Waals surface area contributed by atoms with E-state index < -0.39 is 12.6 Å². The van der Waals surface area contributed by atoms with Crippen LogP contribution in [0.15, 0.2) is 36.8 Å². The molecule has 1 aliphatic rings. The van der Waals surface area contributed by atoms with Crippen molar-refractivity contribution in [2.24, 2.45) is 5.92 Å². The number of carboxylic acids is 1. The van der Waals surface area contributed by atoms with E-state index in [1.165, 1.54) is 0 Å². The van der Waals surface area contributed by atoms with Gasteiger partial charge in [0.1, 0.15) is 12.1 Å². The zero-order valence-corrected chi connectivity index (χ0v) is 13.9. The highest BCUT2D eigenvalue weighted by Crippen LogP contribution is 2.27. The van der Waals surface area contributed by atoms with Gasteiger partial charge in [-0.2, -0.15) is 0 Å². The molecule has 130 valence electrons. The van der Waals surface area contributed by atoms with Crippen molar-refractivity contribution in [1.82, 2.24) is 9.97 Å². The molecule has 0 spiro atoms. The normalized spacial score (nSPS) is 16.0. The van der Waals surface area contributed by atoms with Crippen molar-refractivity contribution < 1.29 is 19.4 Å². The van der Waals surface area contributed by atoms with E-state index in [0.717, 1.165) is 29.8 Å². The van der Waals surface area contributed by atoms with Crippen LogP contribution in [0.2, 0.25) is 0 Å². The number of benzene rings is 1. The molecule has 0 fully saturated rings. The SMILES string of the molecule is CN(C(=O)C1CCc2ncncc2C1)c1ccc(OCC(=O)O)cc1. The quantitative estimate of drug-likeness (QED) is 0.890. The molecule has 7 nitrogen and oxygen atoms in total. The van der Waals surface area contributed by atoms with Crippen molar-refractivity contribution in [1.29, 1.82) is 0 Å². The van der Waals surface area contributed by atoms with Crippen molar-refractivity contribution in [2.75, 3.05) is 18.6 Å². The van der Waals surface area contributed by atoms with Crippen LogP contribution >= 0.6 is 0 Å². The van der Waals surface area contributed by atoms with Gasteiger partial charge in [-0.1, -0.05) is 0 Å². The monoisotopic (exact) mass is 341 g/mol. The minimum absolute atomic E-state index is 0.0497. The molecule has 1 aliphatic carbocycles. The molecule has 1 N–H and O–H groups in total.